The molecule has 2 heterocycles. The number of esters is 1. The van der Waals surface area contributed by atoms with E-state index in [-0.39, 0.29) is 5.97 Å². The third-order valence-electron chi connectivity index (χ3n) is 2.73. The maximum absolute atomic E-state index is 11.9. The van der Waals surface area contributed by atoms with Gasteiger partial charge in [0.15, 0.2) is 0 Å². The Morgan fingerprint density at radius 2 is 1.95 bits per heavy atom. The molecule has 0 spiro atoms. The van der Waals surface area contributed by atoms with Crippen molar-refractivity contribution in [1.29, 1.82) is 0 Å². The highest BCUT2D eigenvalue weighted by atomic mass is 32.1. The maximum atomic E-state index is 11.9. The van der Waals surface area contributed by atoms with Crippen molar-refractivity contribution in [1.82, 2.24) is 4.98 Å². The molecule has 0 aliphatic carbocycles. The molecule has 0 aliphatic rings. The molecule has 2 aromatic heterocycles. The van der Waals surface area contributed by atoms with Crippen LogP contribution in [0.5, 0.6) is 0 Å². The molecule has 4 heteroatoms. The van der Waals surface area contributed by atoms with E-state index in [1.165, 1.54) is 4.88 Å². The minimum absolute atomic E-state index is 0.277. The summed E-state index contributed by atoms with van der Waals surface area (Å²) >= 11 is 1.65. The number of carbonyl (C=O) groups excluding carboxylic acids is 1. The predicted molar refractivity (Wildman–Crippen MR) is 81.1 cm³/mol. The molecular weight excluding hydrogens is 258 g/mol. The highest BCUT2D eigenvalue weighted by Gasteiger charge is 2.18. The van der Waals surface area contributed by atoms with Crippen LogP contribution in [-0.2, 0) is 4.74 Å². The number of carbonyl (C=O) groups is 1. The first-order chi connectivity index (χ1) is 9.04. The summed E-state index contributed by atoms with van der Waals surface area (Å²) in [6, 6.07) is 2.07. The number of hydrogen-bond acceptors (Lipinski definition) is 4. The monoisotopic (exact) mass is 279 g/mol. The van der Waals surface area contributed by atoms with Gasteiger partial charge in [-0.3, -0.25) is 0 Å². The minimum atomic E-state index is -0.277. The van der Waals surface area contributed by atoms with Crippen molar-refractivity contribution in [2.24, 2.45) is 0 Å². The second-order valence-electron chi connectivity index (χ2n) is 3.99. The van der Waals surface area contributed by atoms with E-state index in [1.807, 2.05) is 41.5 Å². The van der Waals surface area contributed by atoms with Crippen LogP contribution in [-0.4, -0.2) is 17.6 Å². The van der Waals surface area contributed by atoms with Crippen LogP contribution in [0.15, 0.2) is 6.07 Å². The molecule has 0 saturated carbocycles. The first kappa shape index (κ1) is 15.6. The Kier molecular flexibility index (Phi) is 5.48. The van der Waals surface area contributed by atoms with Crippen LogP contribution in [0.2, 0.25) is 0 Å². The Bertz CT molecular complexity index is 587. The Morgan fingerprint density at radius 3 is 2.53 bits per heavy atom. The third kappa shape index (κ3) is 3.13. The minimum Gasteiger partial charge on any atom is -0.462 e. The van der Waals surface area contributed by atoms with E-state index in [9.17, 15) is 4.79 Å². The Labute approximate surface area is 118 Å². The second kappa shape index (κ2) is 6.66. The van der Waals surface area contributed by atoms with Crippen LogP contribution in [0.3, 0.4) is 0 Å². The quantitative estimate of drug-likeness (QED) is 0.764. The summed E-state index contributed by atoms with van der Waals surface area (Å²) in [6.45, 7) is 12.1. The Balaban J connectivity index is 0.000000861. The van der Waals surface area contributed by atoms with Gasteiger partial charge in [-0.25, -0.2) is 9.78 Å². The SMILES string of the molecule is CC.CCOC(=O)c1c(C)nc2sc(C)cc2c1C. The standard InChI is InChI=1S/C13H15NO2S.C2H6/c1-5-16-13(15)11-8(3)10-6-7(2)17-12(10)14-9(11)4;1-2/h6H,5H2,1-4H3;1-2H3. The van der Waals surface area contributed by atoms with Gasteiger partial charge in [-0.05, 0) is 39.3 Å². The number of hydrogen-bond donors (Lipinski definition) is 0. The van der Waals surface area contributed by atoms with Gasteiger partial charge in [-0.15, -0.1) is 11.3 Å². The van der Waals surface area contributed by atoms with Gasteiger partial charge in [0.2, 0.25) is 0 Å². The van der Waals surface area contributed by atoms with Gasteiger partial charge >= 0.3 is 5.97 Å². The lowest BCUT2D eigenvalue weighted by Crippen LogP contribution is -2.10. The third-order valence-corrected chi connectivity index (χ3v) is 3.67. The fourth-order valence-corrected chi connectivity index (χ4v) is 2.96. The lowest BCUT2D eigenvalue weighted by Gasteiger charge is -2.08. The van der Waals surface area contributed by atoms with Crippen LogP contribution in [0, 0.1) is 20.8 Å². The highest BCUT2D eigenvalue weighted by molar-refractivity contribution is 7.18. The molecule has 2 aromatic rings. The van der Waals surface area contributed by atoms with Crippen LogP contribution in [0.1, 0.15) is 47.3 Å². The summed E-state index contributed by atoms with van der Waals surface area (Å²) in [7, 11) is 0. The highest BCUT2D eigenvalue weighted by Crippen LogP contribution is 2.29. The maximum Gasteiger partial charge on any atom is 0.340 e. The number of aromatic nitrogens is 1. The van der Waals surface area contributed by atoms with Crippen molar-refractivity contribution in [3.8, 4) is 0 Å². The molecule has 0 radical (unpaired) electrons. The fraction of sp³-hybridized carbons (Fsp3) is 0.467. The zero-order valence-electron chi connectivity index (χ0n) is 12.5. The number of rotatable bonds is 2. The smallest absolute Gasteiger partial charge is 0.340 e. The van der Waals surface area contributed by atoms with Gasteiger partial charge < -0.3 is 4.74 Å². The van der Waals surface area contributed by atoms with E-state index in [4.69, 9.17) is 4.74 Å². The van der Waals surface area contributed by atoms with Crippen molar-refractivity contribution >= 4 is 27.5 Å². The first-order valence-electron chi connectivity index (χ1n) is 6.59. The molecule has 0 amide bonds. The van der Waals surface area contributed by atoms with Crippen LogP contribution >= 0.6 is 11.3 Å². The van der Waals surface area contributed by atoms with E-state index in [1.54, 1.807) is 11.3 Å². The van der Waals surface area contributed by atoms with Gasteiger partial charge in [0, 0.05) is 10.3 Å². The van der Waals surface area contributed by atoms with E-state index < -0.39 is 0 Å². The average Bonchev–Trinajstić information content (AvgIpc) is 2.73. The summed E-state index contributed by atoms with van der Waals surface area (Å²) in [5.41, 5.74) is 2.32. The van der Waals surface area contributed by atoms with E-state index in [2.05, 4.69) is 11.1 Å². The number of thiophene rings is 1. The lowest BCUT2D eigenvalue weighted by molar-refractivity contribution is 0.0524. The molecule has 19 heavy (non-hydrogen) atoms. The summed E-state index contributed by atoms with van der Waals surface area (Å²) in [5.74, 6) is -0.277. The lowest BCUT2D eigenvalue weighted by atomic mass is 10.1. The topological polar surface area (TPSA) is 39.2 Å². The zero-order valence-corrected chi connectivity index (χ0v) is 13.3. The van der Waals surface area contributed by atoms with Crippen molar-refractivity contribution in [2.45, 2.75) is 41.5 Å². The number of ether oxygens (including phenoxy) is 1. The molecule has 0 atom stereocenters. The van der Waals surface area contributed by atoms with Gasteiger partial charge in [0.25, 0.3) is 0 Å². The number of nitrogens with zero attached hydrogens (tertiary/aromatic N) is 1. The molecule has 104 valence electrons. The van der Waals surface area contributed by atoms with Gasteiger partial charge in [-0.1, -0.05) is 13.8 Å². The molecule has 0 bridgehead atoms. The largest absolute Gasteiger partial charge is 0.462 e. The number of fused-ring (bicyclic) bond motifs is 1. The average molecular weight is 279 g/mol. The number of pyridine rings is 1. The van der Waals surface area contributed by atoms with Crippen molar-refractivity contribution in [3.05, 3.63) is 27.8 Å². The van der Waals surface area contributed by atoms with Gasteiger partial charge in [0.1, 0.15) is 4.83 Å². The van der Waals surface area contributed by atoms with E-state index >= 15 is 0 Å². The summed E-state index contributed by atoms with van der Waals surface area (Å²) in [5, 5.41) is 1.06. The predicted octanol–water partition coefficient (Wildman–Crippen LogP) is 4.42. The van der Waals surface area contributed by atoms with Crippen LogP contribution in [0.4, 0.5) is 0 Å². The molecule has 2 rings (SSSR count). The molecule has 0 unspecified atom stereocenters. The van der Waals surface area contributed by atoms with E-state index in [0.29, 0.717) is 12.2 Å². The molecule has 0 N–H and O–H groups in total. The fourth-order valence-electron chi connectivity index (χ4n) is 1.97. The van der Waals surface area contributed by atoms with Crippen molar-refractivity contribution in [3.63, 3.8) is 0 Å². The molecule has 3 nitrogen and oxygen atoms in total. The van der Waals surface area contributed by atoms with Crippen molar-refractivity contribution < 1.29 is 9.53 Å². The van der Waals surface area contributed by atoms with Crippen LogP contribution in [0.25, 0.3) is 10.2 Å². The molecule has 0 fully saturated rings. The number of aryl methyl sites for hydroxylation is 3. The van der Waals surface area contributed by atoms with Crippen LogP contribution < -0.4 is 0 Å². The molecule has 0 saturated heterocycles. The summed E-state index contributed by atoms with van der Waals surface area (Å²) < 4.78 is 5.07. The molecular formula is C15H21NO2S. The molecule has 0 aromatic carbocycles. The van der Waals surface area contributed by atoms with Crippen molar-refractivity contribution in [2.75, 3.05) is 6.61 Å². The van der Waals surface area contributed by atoms with E-state index in [0.717, 1.165) is 21.5 Å². The summed E-state index contributed by atoms with van der Waals surface area (Å²) in [4.78, 5) is 18.6. The first-order valence-corrected chi connectivity index (χ1v) is 7.40. The van der Waals surface area contributed by atoms with Gasteiger partial charge in [-0.2, -0.15) is 0 Å². The second-order valence-corrected chi connectivity index (χ2v) is 5.23. The zero-order chi connectivity index (χ0) is 14.6. The van der Waals surface area contributed by atoms with Gasteiger partial charge in [0.05, 0.1) is 17.9 Å². The molecule has 0 aliphatic heterocycles. The summed E-state index contributed by atoms with van der Waals surface area (Å²) in [6.07, 6.45) is 0. The Morgan fingerprint density at radius 1 is 1.32 bits per heavy atom. The Hall–Kier alpha value is -1.42. The normalized spacial score (nSPS) is 10.0.